The van der Waals surface area contributed by atoms with E-state index in [4.69, 9.17) is 0 Å². The molecular weight excluding hydrogens is 336 g/mol. The van der Waals surface area contributed by atoms with E-state index in [1.54, 1.807) is 12.1 Å². The van der Waals surface area contributed by atoms with Crippen LogP contribution in [0, 0.1) is 0 Å². The van der Waals surface area contributed by atoms with Crippen molar-refractivity contribution in [1.82, 2.24) is 5.32 Å². The minimum absolute atomic E-state index is 0.0185. The zero-order valence-electron chi connectivity index (χ0n) is 16.1. The first kappa shape index (κ1) is 19.2. The van der Waals surface area contributed by atoms with Crippen molar-refractivity contribution >= 4 is 17.5 Å². The molecular formula is C23H28N2O2. The van der Waals surface area contributed by atoms with Crippen LogP contribution in [0.1, 0.15) is 61.9 Å². The third-order valence-electron chi connectivity index (χ3n) is 5.63. The molecule has 0 aromatic heterocycles. The van der Waals surface area contributed by atoms with Crippen LogP contribution in [-0.4, -0.2) is 17.9 Å². The summed E-state index contributed by atoms with van der Waals surface area (Å²) in [5.74, 6) is -0.171. The molecule has 2 N–H and O–H groups in total. The lowest BCUT2D eigenvalue weighted by Crippen LogP contribution is -2.39. The first-order valence-electron chi connectivity index (χ1n) is 9.83. The Balaban J connectivity index is 1.86. The van der Waals surface area contributed by atoms with E-state index in [2.05, 4.69) is 10.6 Å². The van der Waals surface area contributed by atoms with Crippen molar-refractivity contribution in [2.75, 3.05) is 5.32 Å². The smallest absolute Gasteiger partial charge is 0.253 e. The van der Waals surface area contributed by atoms with Crippen LogP contribution in [0.25, 0.3) is 0 Å². The second-order valence-electron chi connectivity index (χ2n) is 7.44. The Kier molecular flexibility index (Phi) is 5.94. The van der Waals surface area contributed by atoms with Gasteiger partial charge in [-0.3, -0.25) is 9.59 Å². The molecule has 0 saturated heterocycles. The first-order chi connectivity index (χ1) is 13.1. The van der Waals surface area contributed by atoms with Crippen molar-refractivity contribution in [2.24, 2.45) is 0 Å². The number of carbonyl (C=O) groups excluding carboxylic acids is 2. The summed E-state index contributed by atoms with van der Waals surface area (Å²) >= 11 is 0. The van der Waals surface area contributed by atoms with Gasteiger partial charge in [0.05, 0.1) is 16.7 Å². The third-order valence-corrected chi connectivity index (χ3v) is 5.63. The first-order valence-corrected chi connectivity index (χ1v) is 9.83. The van der Waals surface area contributed by atoms with Crippen molar-refractivity contribution in [3.63, 3.8) is 0 Å². The van der Waals surface area contributed by atoms with Gasteiger partial charge in [-0.1, -0.05) is 62.2 Å². The monoisotopic (exact) mass is 364 g/mol. The molecule has 2 aromatic carbocycles. The van der Waals surface area contributed by atoms with E-state index < -0.39 is 5.41 Å². The van der Waals surface area contributed by atoms with Gasteiger partial charge in [0.25, 0.3) is 5.91 Å². The summed E-state index contributed by atoms with van der Waals surface area (Å²) in [7, 11) is 0. The highest BCUT2D eigenvalue weighted by Crippen LogP contribution is 2.42. The highest BCUT2D eigenvalue weighted by atomic mass is 16.2. The standard InChI is InChI=1S/C23H28N2O2/c1-3-17(2)24-21(26)19-13-7-8-14-20(19)25-22(27)23(15-9-10-16-23)18-11-5-4-6-12-18/h4-8,11-14,17H,3,9-10,15-16H2,1-2H3,(H,24,26)(H,25,27). The number of anilines is 1. The van der Waals surface area contributed by atoms with Crippen molar-refractivity contribution in [2.45, 2.75) is 57.4 Å². The second-order valence-corrected chi connectivity index (χ2v) is 7.44. The van der Waals surface area contributed by atoms with Crippen LogP contribution in [0.5, 0.6) is 0 Å². The maximum atomic E-state index is 13.3. The molecule has 3 rings (SSSR count). The molecule has 2 amide bonds. The molecule has 1 saturated carbocycles. The Morgan fingerprint density at radius 3 is 2.30 bits per heavy atom. The van der Waals surface area contributed by atoms with Gasteiger partial charge in [0, 0.05) is 6.04 Å². The van der Waals surface area contributed by atoms with E-state index >= 15 is 0 Å². The fraction of sp³-hybridized carbons (Fsp3) is 0.391. The summed E-state index contributed by atoms with van der Waals surface area (Å²) in [6.45, 7) is 4.00. The Labute approximate surface area is 161 Å². The number of amides is 2. The van der Waals surface area contributed by atoms with Crippen LogP contribution >= 0.6 is 0 Å². The fourth-order valence-electron chi connectivity index (χ4n) is 3.82. The molecule has 1 fully saturated rings. The second kappa shape index (κ2) is 8.38. The lowest BCUT2D eigenvalue weighted by Gasteiger charge is -2.28. The van der Waals surface area contributed by atoms with Crippen molar-refractivity contribution < 1.29 is 9.59 Å². The average Bonchev–Trinajstić information content (AvgIpc) is 3.20. The van der Waals surface area contributed by atoms with E-state index in [0.717, 1.165) is 37.7 Å². The number of benzene rings is 2. The summed E-state index contributed by atoms with van der Waals surface area (Å²) in [6.07, 6.45) is 4.61. The van der Waals surface area contributed by atoms with Gasteiger partial charge in [-0.2, -0.15) is 0 Å². The number of hydrogen-bond donors (Lipinski definition) is 2. The van der Waals surface area contributed by atoms with Crippen LogP contribution in [0.15, 0.2) is 54.6 Å². The van der Waals surface area contributed by atoms with E-state index in [1.807, 2.05) is 56.3 Å². The Hall–Kier alpha value is -2.62. The molecule has 1 unspecified atom stereocenters. The van der Waals surface area contributed by atoms with E-state index in [0.29, 0.717) is 11.3 Å². The zero-order chi connectivity index (χ0) is 19.3. The third kappa shape index (κ3) is 4.05. The topological polar surface area (TPSA) is 58.2 Å². The van der Waals surface area contributed by atoms with Crippen molar-refractivity contribution in [3.8, 4) is 0 Å². The molecule has 4 nitrogen and oxygen atoms in total. The summed E-state index contributed by atoms with van der Waals surface area (Å²) < 4.78 is 0. The number of rotatable bonds is 6. The molecule has 0 spiro atoms. The van der Waals surface area contributed by atoms with Crippen LogP contribution in [0.4, 0.5) is 5.69 Å². The summed E-state index contributed by atoms with van der Waals surface area (Å²) in [5, 5.41) is 6.04. The quantitative estimate of drug-likeness (QED) is 0.783. The molecule has 1 aliphatic carbocycles. The molecule has 0 radical (unpaired) electrons. The summed E-state index contributed by atoms with van der Waals surface area (Å²) in [4.78, 5) is 26.0. The zero-order valence-corrected chi connectivity index (χ0v) is 16.1. The summed E-state index contributed by atoms with van der Waals surface area (Å²) in [6, 6.07) is 17.3. The van der Waals surface area contributed by atoms with Crippen molar-refractivity contribution in [3.05, 3.63) is 65.7 Å². The maximum Gasteiger partial charge on any atom is 0.253 e. The van der Waals surface area contributed by atoms with Gasteiger partial charge >= 0.3 is 0 Å². The molecule has 4 heteroatoms. The lowest BCUT2D eigenvalue weighted by molar-refractivity contribution is -0.121. The number of hydrogen-bond acceptors (Lipinski definition) is 2. The highest BCUT2D eigenvalue weighted by Gasteiger charge is 2.42. The molecule has 0 heterocycles. The van der Waals surface area contributed by atoms with Gasteiger partial charge in [-0.25, -0.2) is 0 Å². The van der Waals surface area contributed by atoms with E-state index in [9.17, 15) is 9.59 Å². The lowest BCUT2D eigenvalue weighted by atomic mass is 9.78. The van der Waals surface area contributed by atoms with Crippen LogP contribution in [0.2, 0.25) is 0 Å². The molecule has 0 bridgehead atoms. The van der Waals surface area contributed by atoms with Gasteiger partial charge in [-0.05, 0) is 43.9 Å². The molecule has 1 atom stereocenters. The average molecular weight is 364 g/mol. The fourth-order valence-corrected chi connectivity index (χ4v) is 3.82. The number of carbonyl (C=O) groups is 2. The van der Waals surface area contributed by atoms with Gasteiger partial charge in [0.15, 0.2) is 0 Å². The van der Waals surface area contributed by atoms with Crippen LogP contribution in [0.3, 0.4) is 0 Å². The predicted octanol–water partition coefficient (Wildman–Crippen LogP) is 4.67. The van der Waals surface area contributed by atoms with Gasteiger partial charge in [-0.15, -0.1) is 0 Å². The number of nitrogens with one attached hydrogen (secondary N) is 2. The summed E-state index contributed by atoms with van der Waals surface area (Å²) in [5.41, 5.74) is 1.63. The van der Waals surface area contributed by atoms with Gasteiger partial charge in [0.2, 0.25) is 5.91 Å². The molecule has 27 heavy (non-hydrogen) atoms. The van der Waals surface area contributed by atoms with E-state index in [1.165, 1.54) is 0 Å². The predicted molar refractivity (Wildman–Crippen MR) is 109 cm³/mol. The molecule has 2 aromatic rings. The Morgan fingerprint density at radius 2 is 1.63 bits per heavy atom. The van der Waals surface area contributed by atoms with E-state index in [-0.39, 0.29) is 17.9 Å². The maximum absolute atomic E-state index is 13.3. The minimum atomic E-state index is -0.512. The van der Waals surface area contributed by atoms with Crippen LogP contribution < -0.4 is 10.6 Å². The Morgan fingerprint density at radius 1 is 1.00 bits per heavy atom. The van der Waals surface area contributed by atoms with Gasteiger partial charge in [0.1, 0.15) is 0 Å². The van der Waals surface area contributed by atoms with Gasteiger partial charge < -0.3 is 10.6 Å². The van der Waals surface area contributed by atoms with Crippen molar-refractivity contribution in [1.29, 1.82) is 0 Å². The normalized spacial score (nSPS) is 16.5. The molecule has 142 valence electrons. The SMILES string of the molecule is CCC(C)NC(=O)c1ccccc1NC(=O)C1(c2ccccc2)CCCC1. The molecule has 1 aliphatic rings. The largest absolute Gasteiger partial charge is 0.350 e. The minimum Gasteiger partial charge on any atom is -0.350 e. The number of para-hydroxylation sites is 1. The molecule has 0 aliphatic heterocycles. The highest BCUT2D eigenvalue weighted by molar-refractivity contribution is 6.06. The Bertz CT molecular complexity index is 795. The van der Waals surface area contributed by atoms with Crippen LogP contribution in [-0.2, 0) is 10.2 Å².